The fourth-order valence-electron chi connectivity index (χ4n) is 5.14. The summed E-state index contributed by atoms with van der Waals surface area (Å²) in [5, 5.41) is 21.0. The van der Waals surface area contributed by atoms with Crippen molar-refractivity contribution < 1.29 is 34.0 Å². The van der Waals surface area contributed by atoms with Crippen LogP contribution in [0.15, 0.2) is 0 Å². The van der Waals surface area contributed by atoms with Crippen LogP contribution >= 0.6 is 0 Å². The number of hydrogen-bond donors (Lipinski definition) is 2. The van der Waals surface area contributed by atoms with Gasteiger partial charge in [-0.25, -0.2) is 4.79 Å². The van der Waals surface area contributed by atoms with Crippen LogP contribution in [-0.2, 0) is 0 Å². The molecule has 0 atom stereocenters. The summed E-state index contributed by atoms with van der Waals surface area (Å²) in [6.07, 6.45) is 23.8. The molecule has 0 amide bonds. The van der Waals surface area contributed by atoms with E-state index in [4.69, 9.17) is 18.9 Å². The third-order valence-corrected chi connectivity index (χ3v) is 7.70. The number of rotatable bonds is 29. The number of unbranched alkanes of at least 4 members (excludes halogenated alkanes) is 18. The second kappa shape index (κ2) is 25.2. The van der Waals surface area contributed by atoms with E-state index in [9.17, 15) is 15.0 Å². The van der Waals surface area contributed by atoms with E-state index < -0.39 is 11.7 Å². The van der Waals surface area contributed by atoms with Crippen LogP contribution in [0.25, 0.3) is 0 Å². The summed E-state index contributed by atoms with van der Waals surface area (Å²) in [6.45, 7) is 7.80. The zero-order valence-electron chi connectivity index (χ0n) is 27.4. The zero-order valence-corrected chi connectivity index (χ0v) is 27.4. The third-order valence-electron chi connectivity index (χ3n) is 7.70. The van der Waals surface area contributed by atoms with Gasteiger partial charge in [0.2, 0.25) is 17.2 Å². The monoisotopic (exact) mass is 594 g/mol. The minimum Gasteiger partial charge on any atom is -0.503 e. The number of carboxylic acid groups (broad SMARTS) is 1. The summed E-state index contributed by atoms with van der Waals surface area (Å²) >= 11 is 0. The number of aromatic hydroxyl groups is 1. The lowest BCUT2D eigenvalue weighted by Gasteiger charge is -2.22. The molecular weight excluding hydrogens is 532 g/mol. The van der Waals surface area contributed by atoms with Gasteiger partial charge in [-0.15, -0.1) is 0 Å². The molecule has 2 N–H and O–H groups in total. The molecule has 0 unspecified atom stereocenters. The van der Waals surface area contributed by atoms with Crippen LogP contribution in [0.2, 0.25) is 0 Å². The van der Waals surface area contributed by atoms with Crippen molar-refractivity contribution in [3.05, 3.63) is 5.56 Å². The van der Waals surface area contributed by atoms with Crippen molar-refractivity contribution in [2.75, 3.05) is 26.9 Å². The molecule has 244 valence electrons. The summed E-state index contributed by atoms with van der Waals surface area (Å²) in [5.74, 6) is -1.32. The van der Waals surface area contributed by atoms with Gasteiger partial charge in [-0.05, 0) is 19.3 Å². The lowest BCUT2D eigenvalue weighted by atomic mass is 10.1. The predicted molar refractivity (Wildman–Crippen MR) is 172 cm³/mol. The summed E-state index contributed by atoms with van der Waals surface area (Å²) in [5.41, 5.74) is -0.340. The molecule has 1 aromatic carbocycles. The summed E-state index contributed by atoms with van der Waals surface area (Å²) in [7, 11) is 1.40. The van der Waals surface area contributed by atoms with Crippen LogP contribution < -0.4 is 18.9 Å². The maximum absolute atomic E-state index is 12.3. The highest BCUT2D eigenvalue weighted by Crippen LogP contribution is 2.53. The minimum absolute atomic E-state index is 0.0202. The number of methoxy groups -OCH3 is 1. The van der Waals surface area contributed by atoms with Gasteiger partial charge in [-0.2, -0.15) is 0 Å². The molecule has 0 fully saturated rings. The van der Waals surface area contributed by atoms with Crippen LogP contribution in [0.3, 0.4) is 0 Å². The van der Waals surface area contributed by atoms with Gasteiger partial charge in [0.1, 0.15) is 0 Å². The van der Waals surface area contributed by atoms with Gasteiger partial charge in [0.15, 0.2) is 17.1 Å². The van der Waals surface area contributed by atoms with E-state index in [1.807, 2.05) is 0 Å². The fraction of sp³-hybridized carbons (Fsp3) is 0.800. The average molecular weight is 595 g/mol. The van der Waals surface area contributed by atoms with E-state index in [1.165, 1.54) is 84.2 Å². The molecule has 0 aliphatic rings. The van der Waals surface area contributed by atoms with Crippen LogP contribution in [0.4, 0.5) is 0 Å². The first-order valence-corrected chi connectivity index (χ1v) is 17.1. The van der Waals surface area contributed by atoms with Crippen molar-refractivity contribution in [1.82, 2.24) is 0 Å². The van der Waals surface area contributed by atoms with Crippen molar-refractivity contribution in [2.24, 2.45) is 0 Å². The highest BCUT2D eigenvalue weighted by molar-refractivity contribution is 5.97. The van der Waals surface area contributed by atoms with E-state index in [0.29, 0.717) is 19.8 Å². The molecule has 7 heteroatoms. The van der Waals surface area contributed by atoms with Gasteiger partial charge in [0.05, 0.1) is 26.9 Å². The Labute approximate surface area is 256 Å². The fourth-order valence-corrected chi connectivity index (χ4v) is 5.14. The van der Waals surface area contributed by atoms with Crippen LogP contribution in [0, 0.1) is 0 Å². The van der Waals surface area contributed by atoms with E-state index in [1.54, 1.807) is 0 Å². The molecule has 0 saturated carbocycles. The van der Waals surface area contributed by atoms with E-state index in [-0.39, 0.29) is 28.6 Å². The molecule has 0 aromatic heterocycles. The number of carbonyl (C=O) groups is 1. The van der Waals surface area contributed by atoms with E-state index in [0.717, 1.165) is 57.8 Å². The van der Waals surface area contributed by atoms with Gasteiger partial charge in [-0.1, -0.05) is 136 Å². The quantitative estimate of drug-likeness (QED) is 0.0891. The van der Waals surface area contributed by atoms with Gasteiger partial charge in [0.25, 0.3) is 0 Å². The zero-order chi connectivity index (χ0) is 30.8. The Morgan fingerprint density at radius 2 is 0.810 bits per heavy atom. The maximum atomic E-state index is 12.3. The minimum atomic E-state index is -1.29. The van der Waals surface area contributed by atoms with Crippen molar-refractivity contribution >= 4 is 5.97 Å². The number of phenols is 1. The van der Waals surface area contributed by atoms with Crippen LogP contribution in [-0.4, -0.2) is 43.1 Å². The molecule has 7 nitrogen and oxygen atoms in total. The molecule has 1 rings (SSSR count). The highest BCUT2D eigenvalue weighted by atomic mass is 16.6. The molecule has 1 aromatic rings. The predicted octanol–water partition coefficient (Wildman–Crippen LogP) is 10.5. The summed E-state index contributed by atoms with van der Waals surface area (Å²) in [4.78, 5) is 12.3. The van der Waals surface area contributed by atoms with Gasteiger partial charge >= 0.3 is 5.97 Å². The van der Waals surface area contributed by atoms with Crippen molar-refractivity contribution in [2.45, 2.75) is 156 Å². The SMILES string of the molecule is CCCCCCCCCOc1c(OC)c(O)c(C(=O)O)c(OCCCCCCCCC)c1OCCCCCCCCC. The molecule has 0 spiro atoms. The second-order valence-electron chi connectivity index (χ2n) is 11.5. The molecule has 0 radical (unpaired) electrons. The Kier molecular flexibility index (Phi) is 22.6. The van der Waals surface area contributed by atoms with E-state index in [2.05, 4.69) is 20.8 Å². The Morgan fingerprint density at radius 1 is 0.500 bits per heavy atom. The molecule has 0 heterocycles. The van der Waals surface area contributed by atoms with Gasteiger partial charge in [-0.3, -0.25) is 0 Å². The molecule has 0 aliphatic heterocycles. The van der Waals surface area contributed by atoms with Crippen LogP contribution in [0.1, 0.15) is 166 Å². The Bertz CT molecular complexity index is 824. The maximum Gasteiger partial charge on any atom is 0.343 e. The average Bonchev–Trinajstić information content (AvgIpc) is 2.97. The highest BCUT2D eigenvalue weighted by Gasteiger charge is 2.32. The molecular formula is C35H62O7. The second-order valence-corrected chi connectivity index (χ2v) is 11.5. The lowest BCUT2D eigenvalue weighted by Crippen LogP contribution is -2.12. The lowest BCUT2D eigenvalue weighted by molar-refractivity contribution is 0.0686. The molecule has 42 heavy (non-hydrogen) atoms. The topological polar surface area (TPSA) is 94.5 Å². The van der Waals surface area contributed by atoms with Gasteiger partial charge in [0, 0.05) is 0 Å². The standard InChI is InChI=1S/C35H62O7/c1-5-8-11-14-17-20-23-26-40-31-29(35(37)38)30(36)32(39-4)34(42-28-25-22-19-16-13-10-7-3)33(31)41-27-24-21-18-15-12-9-6-2/h36H,5-28H2,1-4H3,(H,37,38). The third kappa shape index (κ3) is 15.2. The summed E-state index contributed by atoms with van der Waals surface area (Å²) < 4.78 is 24.0. The summed E-state index contributed by atoms with van der Waals surface area (Å²) in [6, 6.07) is 0. The molecule has 0 aliphatic carbocycles. The Morgan fingerprint density at radius 3 is 1.14 bits per heavy atom. The smallest absolute Gasteiger partial charge is 0.343 e. The van der Waals surface area contributed by atoms with Crippen LogP contribution in [0.5, 0.6) is 28.7 Å². The molecule has 0 bridgehead atoms. The number of carboxylic acids is 1. The normalized spacial score (nSPS) is 11.0. The Hall–Kier alpha value is -2.31. The first kappa shape index (κ1) is 37.7. The number of ether oxygens (including phenoxy) is 4. The van der Waals surface area contributed by atoms with Crippen molar-refractivity contribution in [3.63, 3.8) is 0 Å². The van der Waals surface area contributed by atoms with Crippen molar-refractivity contribution in [1.29, 1.82) is 0 Å². The van der Waals surface area contributed by atoms with Crippen molar-refractivity contribution in [3.8, 4) is 28.7 Å². The first-order valence-electron chi connectivity index (χ1n) is 17.1. The molecule has 0 saturated heterocycles. The number of hydrogen-bond acceptors (Lipinski definition) is 6. The Balaban J connectivity index is 3.04. The van der Waals surface area contributed by atoms with Gasteiger partial charge < -0.3 is 29.2 Å². The number of aromatic carboxylic acids is 1. The number of benzene rings is 1. The largest absolute Gasteiger partial charge is 0.503 e. The first-order chi connectivity index (χ1) is 20.5. The van der Waals surface area contributed by atoms with E-state index >= 15 is 0 Å².